The fraction of sp³-hybridized carbons (Fsp3) is 0.250. The molecule has 1 aromatic carbocycles. The lowest BCUT2D eigenvalue weighted by atomic mass is 10.0. The van der Waals surface area contributed by atoms with Gasteiger partial charge in [0.15, 0.2) is 0 Å². The van der Waals surface area contributed by atoms with Gasteiger partial charge in [-0.1, -0.05) is 12.1 Å². The van der Waals surface area contributed by atoms with Crippen LogP contribution >= 0.6 is 0 Å². The van der Waals surface area contributed by atoms with Gasteiger partial charge in [-0.25, -0.2) is 4.98 Å². The largest absolute Gasteiger partial charge is 0.490 e. The molecule has 0 saturated carbocycles. The molecule has 0 amide bonds. The van der Waals surface area contributed by atoms with E-state index in [2.05, 4.69) is 4.98 Å². The number of ketones is 1. The number of benzene rings is 1. The normalized spacial score (nSPS) is 10.4. The van der Waals surface area contributed by atoms with Gasteiger partial charge in [-0.05, 0) is 38.1 Å². The second-order valence-electron chi connectivity index (χ2n) is 4.55. The summed E-state index contributed by atoms with van der Waals surface area (Å²) in [6, 6.07) is 10.6. The second kappa shape index (κ2) is 6.19. The summed E-state index contributed by atoms with van der Waals surface area (Å²) in [6.45, 7) is 3.85. The Balaban J connectivity index is 2.43. The first-order valence-corrected chi connectivity index (χ1v) is 6.43. The molecule has 4 nitrogen and oxygen atoms in total. The number of ether oxygens (including phenoxy) is 2. The van der Waals surface area contributed by atoms with Crippen molar-refractivity contribution >= 4 is 5.78 Å². The molecular formula is C16H17NO3. The molecule has 4 heteroatoms. The molecule has 0 saturated heterocycles. The Labute approximate surface area is 118 Å². The lowest BCUT2D eigenvalue weighted by Gasteiger charge is -2.14. The van der Waals surface area contributed by atoms with Gasteiger partial charge in [0.05, 0.1) is 24.3 Å². The van der Waals surface area contributed by atoms with Gasteiger partial charge in [0.2, 0.25) is 11.7 Å². The van der Waals surface area contributed by atoms with Crippen molar-refractivity contribution in [2.75, 3.05) is 7.11 Å². The van der Waals surface area contributed by atoms with E-state index in [0.717, 1.165) is 0 Å². The third-order valence-electron chi connectivity index (χ3n) is 2.70. The third kappa shape index (κ3) is 2.96. The number of para-hydroxylation sites is 1. The highest BCUT2D eigenvalue weighted by Gasteiger charge is 2.19. The number of aromatic nitrogens is 1. The number of pyridine rings is 1. The van der Waals surface area contributed by atoms with Crippen LogP contribution in [0.25, 0.3) is 0 Å². The summed E-state index contributed by atoms with van der Waals surface area (Å²) in [5.74, 6) is 0.724. The molecule has 2 aromatic rings. The standard InChI is InChI=1S/C16H17NO3/c1-11(2)20-14-9-5-4-7-12(14)15(18)13-8-6-10-17-16(13)19-3/h4-11H,1-3H3. The topological polar surface area (TPSA) is 48.4 Å². The zero-order valence-electron chi connectivity index (χ0n) is 11.8. The Bertz CT molecular complexity index is 608. The van der Waals surface area contributed by atoms with Crippen LogP contribution < -0.4 is 9.47 Å². The van der Waals surface area contributed by atoms with Crippen molar-refractivity contribution in [1.82, 2.24) is 4.98 Å². The number of methoxy groups -OCH3 is 1. The maximum Gasteiger partial charge on any atom is 0.224 e. The molecule has 0 spiro atoms. The van der Waals surface area contributed by atoms with Crippen LogP contribution in [-0.2, 0) is 0 Å². The minimum absolute atomic E-state index is 0.000237. The molecule has 0 aliphatic rings. The summed E-state index contributed by atoms with van der Waals surface area (Å²) in [5.41, 5.74) is 0.933. The molecule has 0 fully saturated rings. The first-order chi connectivity index (χ1) is 9.63. The molecule has 104 valence electrons. The Hall–Kier alpha value is -2.36. The van der Waals surface area contributed by atoms with E-state index < -0.39 is 0 Å². The Morgan fingerprint density at radius 1 is 1.10 bits per heavy atom. The second-order valence-corrected chi connectivity index (χ2v) is 4.55. The summed E-state index contributed by atoms with van der Waals surface area (Å²) in [6.07, 6.45) is 1.59. The molecule has 0 atom stereocenters. The van der Waals surface area contributed by atoms with Crippen LogP contribution in [0, 0.1) is 0 Å². The summed E-state index contributed by atoms with van der Waals surface area (Å²) in [4.78, 5) is 16.7. The first-order valence-electron chi connectivity index (χ1n) is 6.43. The van der Waals surface area contributed by atoms with Crippen LogP contribution in [0.15, 0.2) is 42.6 Å². The minimum Gasteiger partial charge on any atom is -0.490 e. The van der Waals surface area contributed by atoms with Gasteiger partial charge >= 0.3 is 0 Å². The highest BCUT2D eigenvalue weighted by atomic mass is 16.5. The predicted molar refractivity (Wildman–Crippen MR) is 76.4 cm³/mol. The zero-order valence-corrected chi connectivity index (χ0v) is 11.8. The summed E-state index contributed by atoms with van der Waals surface area (Å²) in [7, 11) is 1.50. The molecule has 0 aliphatic heterocycles. The van der Waals surface area contributed by atoms with Crippen LogP contribution in [0.2, 0.25) is 0 Å². The average molecular weight is 271 g/mol. The van der Waals surface area contributed by atoms with E-state index in [1.165, 1.54) is 7.11 Å². The summed E-state index contributed by atoms with van der Waals surface area (Å²) >= 11 is 0. The molecular weight excluding hydrogens is 254 g/mol. The maximum absolute atomic E-state index is 12.6. The molecule has 20 heavy (non-hydrogen) atoms. The van der Waals surface area contributed by atoms with Gasteiger partial charge in [-0.2, -0.15) is 0 Å². The number of nitrogens with zero attached hydrogens (tertiary/aromatic N) is 1. The number of hydrogen-bond acceptors (Lipinski definition) is 4. The van der Waals surface area contributed by atoms with Gasteiger partial charge in [-0.15, -0.1) is 0 Å². The van der Waals surface area contributed by atoms with Gasteiger partial charge in [0, 0.05) is 6.20 Å². The van der Waals surface area contributed by atoms with E-state index in [0.29, 0.717) is 22.8 Å². The van der Waals surface area contributed by atoms with Crippen molar-refractivity contribution in [2.24, 2.45) is 0 Å². The van der Waals surface area contributed by atoms with E-state index in [4.69, 9.17) is 9.47 Å². The van der Waals surface area contributed by atoms with Crippen LogP contribution in [0.4, 0.5) is 0 Å². The first kappa shape index (κ1) is 14.1. The van der Waals surface area contributed by atoms with Gasteiger partial charge in [0.25, 0.3) is 0 Å². The smallest absolute Gasteiger partial charge is 0.224 e. The molecule has 0 bridgehead atoms. The fourth-order valence-corrected chi connectivity index (χ4v) is 1.88. The van der Waals surface area contributed by atoms with Crippen LogP contribution in [0.5, 0.6) is 11.6 Å². The van der Waals surface area contributed by atoms with Gasteiger partial charge in [0.1, 0.15) is 5.75 Å². The van der Waals surface area contributed by atoms with Crippen molar-refractivity contribution in [3.8, 4) is 11.6 Å². The third-order valence-corrected chi connectivity index (χ3v) is 2.70. The lowest BCUT2D eigenvalue weighted by Crippen LogP contribution is -2.11. The van der Waals surface area contributed by atoms with Crippen LogP contribution in [-0.4, -0.2) is 24.0 Å². The average Bonchev–Trinajstić information content (AvgIpc) is 2.46. The van der Waals surface area contributed by atoms with E-state index in [1.54, 1.807) is 30.5 Å². The Morgan fingerprint density at radius 2 is 1.80 bits per heavy atom. The van der Waals surface area contributed by atoms with Crippen molar-refractivity contribution in [3.05, 3.63) is 53.7 Å². The zero-order chi connectivity index (χ0) is 14.5. The Kier molecular flexibility index (Phi) is 4.35. The molecule has 0 aliphatic carbocycles. The fourth-order valence-electron chi connectivity index (χ4n) is 1.88. The highest BCUT2D eigenvalue weighted by molar-refractivity contribution is 6.12. The molecule has 1 heterocycles. The molecule has 0 N–H and O–H groups in total. The van der Waals surface area contributed by atoms with Gasteiger partial charge < -0.3 is 9.47 Å². The van der Waals surface area contributed by atoms with E-state index in [-0.39, 0.29) is 11.9 Å². The molecule has 0 unspecified atom stereocenters. The molecule has 1 aromatic heterocycles. The van der Waals surface area contributed by atoms with E-state index in [9.17, 15) is 4.79 Å². The van der Waals surface area contributed by atoms with Crippen molar-refractivity contribution in [2.45, 2.75) is 20.0 Å². The van der Waals surface area contributed by atoms with Crippen LogP contribution in [0.1, 0.15) is 29.8 Å². The van der Waals surface area contributed by atoms with E-state index >= 15 is 0 Å². The SMILES string of the molecule is COc1ncccc1C(=O)c1ccccc1OC(C)C. The number of hydrogen-bond donors (Lipinski definition) is 0. The monoisotopic (exact) mass is 271 g/mol. The van der Waals surface area contributed by atoms with Crippen molar-refractivity contribution < 1.29 is 14.3 Å². The van der Waals surface area contributed by atoms with Crippen molar-refractivity contribution in [1.29, 1.82) is 0 Å². The molecule has 0 radical (unpaired) electrons. The number of carbonyl (C=O) groups excluding carboxylic acids is 1. The highest BCUT2D eigenvalue weighted by Crippen LogP contribution is 2.25. The van der Waals surface area contributed by atoms with Crippen molar-refractivity contribution in [3.63, 3.8) is 0 Å². The quantitative estimate of drug-likeness (QED) is 0.784. The number of rotatable bonds is 5. The van der Waals surface area contributed by atoms with Gasteiger partial charge in [-0.3, -0.25) is 4.79 Å². The minimum atomic E-state index is -0.161. The van der Waals surface area contributed by atoms with Crippen LogP contribution in [0.3, 0.4) is 0 Å². The predicted octanol–water partition coefficient (Wildman–Crippen LogP) is 3.11. The Morgan fingerprint density at radius 3 is 2.50 bits per heavy atom. The lowest BCUT2D eigenvalue weighted by molar-refractivity contribution is 0.102. The summed E-state index contributed by atoms with van der Waals surface area (Å²) in [5, 5.41) is 0. The summed E-state index contributed by atoms with van der Waals surface area (Å²) < 4.78 is 10.8. The molecule has 2 rings (SSSR count). The van der Waals surface area contributed by atoms with E-state index in [1.807, 2.05) is 26.0 Å². The maximum atomic E-state index is 12.6. The number of carbonyl (C=O) groups is 1.